The molecule has 0 bridgehead atoms. The molecule has 0 spiro atoms. The van der Waals surface area contributed by atoms with E-state index in [-0.39, 0.29) is 18.8 Å². The number of benzene rings is 2. The minimum absolute atomic E-state index is 0.0176. The molecule has 0 aromatic heterocycles. The number of aliphatic imine (C=N–C) groups is 1. The van der Waals surface area contributed by atoms with Crippen molar-refractivity contribution >= 4 is 40.8 Å². The minimum Gasteiger partial charge on any atom is -0.481 e. The average molecular weight is 536 g/mol. The van der Waals surface area contributed by atoms with Crippen LogP contribution in [0.15, 0.2) is 78.8 Å². The quantitative estimate of drug-likeness (QED) is 0.372. The number of carboxylic acids is 1. The van der Waals surface area contributed by atoms with Gasteiger partial charge in [-0.15, -0.1) is 13.2 Å². The molecule has 2 aromatic rings. The maximum absolute atomic E-state index is 13.9. The summed E-state index contributed by atoms with van der Waals surface area (Å²) in [6, 6.07) is 14.4. The zero-order valence-corrected chi connectivity index (χ0v) is 22.7. The molecule has 3 rings (SSSR count). The van der Waals surface area contributed by atoms with E-state index in [9.17, 15) is 19.5 Å². The molecular formula is C30H34ClN3O4. The summed E-state index contributed by atoms with van der Waals surface area (Å²) in [5.74, 6) is -3.04. The van der Waals surface area contributed by atoms with Crippen LogP contribution in [0.4, 0.5) is 5.69 Å². The van der Waals surface area contributed by atoms with Crippen LogP contribution in [0.2, 0.25) is 5.02 Å². The Kier molecular flexibility index (Phi) is 9.28. The predicted octanol–water partition coefficient (Wildman–Crippen LogP) is 5.48. The molecule has 2 amide bonds. The number of aliphatic carboxylic acids is 1. The van der Waals surface area contributed by atoms with Crippen molar-refractivity contribution < 1.29 is 19.5 Å². The second kappa shape index (κ2) is 12.2. The molecule has 1 aliphatic heterocycles. The molecule has 0 fully saturated rings. The molecule has 2 aromatic carbocycles. The molecule has 0 unspecified atom stereocenters. The summed E-state index contributed by atoms with van der Waals surface area (Å²) in [5, 5.41) is 13.7. The fraction of sp³-hybridized carbons (Fsp3) is 0.333. The number of carbonyl (C=O) groups excluding carboxylic acids is 2. The number of halogens is 1. The van der Waals surface area contributed by atoms with E-state index in [1.807, 2.05) is 38.1 Å². The maximum atomic E-state index is 13.9. The van der Waals surface area contributed by atoms with Gasteiger partial charge in [-0.1, -0.05) is 67.9 Å². The summed E-state index contributed by atoms with van der Waals surface area (Å²) in [6.07, 6.45) is 2.20. The summed E-state index contributed by atoms with van der Waals surface area (Å²) in [7, 11) is 1.63. The number of rotatable bonds is 11. The van der Waals surface area contributed by atoms with Crippen molar-refractivity contribution in [2.75, 3.05) is 11.9 Å². The summed E-state index contributed by atoms with van der Waals surface area (Å²) in [5.41, 5.74) is 1.14. The van der Waals surface area contributed by atoms with Gasteiger partial charge in [0.1, 0.15) is 0 Å². The third-order valence-corrected chi connectivity index (χ3v) is 7.13. The van der Waals surface area contributed by atoms with Gasteiger partial charge in [-0.25, -0.2) is 4.99 Å². The lowest BCUT2D eigenvalue weighted by Crippen LogP contribution is -2.52. The zero-order chi connectivity index (χ0) is 28.0. The first-order valence-electron chi connectivity index (χ1n) is 12.5. The van der Waals surface area contributed by atoms with Crippen LogP contribution >= 0.6 is 11.6 Å². The van der Waals surface area contributed by atoms with Crippen LogP contribution in [0.1, 0.15) is 44.2 Å². The fourth-order valence-corrected chi connectivity index (χ4v) is 5.08. The van der Waals surface area contributed by atoms with E-state index in [2.05, 4.69) is 18.5 Å². The Morgan fingerprint density at radius 1 is 1.13 bits per heavy atom. The number of para-hydroxylation sites is 1. The Labute approximate surface area is 228 Å². The Bertz CT molecular complexity index is 1240. The van der Waals surface area contributed by atoms with E-state index < -0.39 is 35.3 Å². The van der Waals surface area contributed by atoms with Gasteiger partial charge in [-0.3, -0.25) is 14.4 Å². The van der Waals surface area contributed by atoms with Gasteiger partial charge in [0.05, 0.1) is 22.7 Å². The van der Waals surface area contributed by atoms with E-state index in [1.165, 1.54) is 17.1 Å². The van der Waals surface area contributed by atoms with Gasteiger partial charge < -0.3 is 15.3 Å². The van der Waals surface area contributed by atoms with E-state index in [1.54, 1.807) is 31.3 Å². The van der Waals surface area contributed by atoms with Crippen molar-refractivity contribution in [1.82, 2.24) is 5.32 Å². The highest BCUT2D eigenvalue weighted by atomic mass is 35.5. The molecule has 0 aliphatic carbocycles. The third-order valence-electron chi connectivity index (χ3n) is 6.87. The van der Waals surface area contributed by atoms with E-state index >= 15 is 0 Å². The summed E-state index contributed by atoms with van der Waals surface area (Å²) in [4.78, 5) is 46.3. The summed E-state index contributed by atoms with van der Waals surface area (Å²) >= 11 is 6.10. The number of benzodiazepines with no additional fused rings is 1. The first kappa shape index (κ1) is 28.9. The molecule has 0 saturated carbocycles. The second-order valence-corrected chi connectivity index (χ2v) is 10.4. The highest BCUT2D eigenvalue weighted by molar-refractivity contribution is 6.30. The molecule has 200 valence electrons. The first-order valence-corrected chi connectivity index (χ1v) is 12.9. The number of hydrogen-bond acceptors (Lipinski definition) is 4. The van der Waals surface area contributed by atoms with Crippen molar-refractivity contribution in [2.24, 2.45) is 22.2 Å². The fourth-order valence-electron chi connectivity index (χ4n) is 4.95. The molecule has 0 radical (unpaired) electrons. The normalized spacial score (nSPS) is 16.2. The number of allylic oxidation sites excluding steroid dienone is 2. The number of fused-ring (bicyclic) bond motifs is 1. The largest absolute Gasteiger partial charge is 0.481 e. The van der Waals surface area contributed by atoms with Crippen LogP contribution in [0.5, 0.6) is 0 Å². The van der Waals surface area contributed by atoms with Gasteiger partial charge >= 0.3 is 5.97 Å². The van der Waals surface area contributed by atoms with Crippen molar-refractivity contribution in [1.29, 1.82) is 0 Å². The van der Waals surface area contributed by atoms with Crippen LogP contribution in [0.3, 0.4) is 0 Å². The smallest absolute Gasteiger partial charge is 0.311 e. The standard InChI is InChI=1S/C30H34ClN3O4/c1-6-16-30(17-7-2,29(37)38)23(18-19(3)4)27(35)33-26-28(36)34(5)24-11-9-8-10-22(24)25(32-26)20-12-14-21(31)15-13-20/h6-15,19,23,26H,1-2,16-18H2,3-5H3,(H,33,35)(H,37,38)/t23-,26+/m0/s1. The van der Waals surface area contributed by atoms with Crippen molar-refractivity contribution in [3.63, 3.8) is 0 Å². The maximum Gasteiger partial charge on any atom is 0.311 e. The third kappa shape index (κ3) is 5.89. The number of carboxylic acid groups (broad SMARTS) is 1. The SMILES string of the molecule is C=CCC(CC=C)(C(=O)O)[C@@H](CC(C)C)C(=O)N[C@H]1N=C(c2ccc(Cl)cc2)c2ccccc2N(C)C1=O. The average Bonchev–Trinajstić information content (AvgIpc) is 2.98. The zero-order valence-electron chi connectivity index (χ0n) is 22.0. The lowest BCUT2D eigenvalue weighted by Gasteiger charge is -2.36. The molecule has 0 saturated heterocycles. The lowest BCUT2D eigenvalue weighted by molar-refractivity contribution is -0.157. The number of nitrogens with one attached hydrogen (secondary N) is 1. The summed E-state index contributed by atoms with van der Waals surface area (Å²) < 4.78 is 0. The van der Waals surface area contributed by atoms with Gasteiger partial charge in [0, 0.05) is 23.2 Å². The van der Waals surface area contributed by atoms with Gasteiger partial charge in [0.2, 0.25) is 12.1 Å². The van der Waals surface area contributed by atoms with Crippen molar-refractivity contribution in [2.45, 2.75) is 39.3 Å². The molecule has 1 heterocycles. The van der Waals surface area contributed by atoms with Gasteiger partial charge in [-0.2, -0.15) is 0 Å². The van der Waals surface area contributed by atoms with Crippen LogP contribution in [-0.2, 0) is 14.4 Å². The highest BCUT2D eigenvalue weighted by Crippen LogP contribution is 2.41. The Hall–Kier alpha value is -3.71. The molecule has 38 heavy (non-hydrogen) atoms. The van der Waals surface area contributed by atoms with Crippen LogP contribution < -0.4 is 10.2 Å². The Morgan fingerprint density at radius 3 is 2.29 bits per heavy atom. The Balaban J connectivity index is 2.12. The number of carbonyl (C=O) groups is 3. The van der Waals surface area contributed by atoms with Crippen LogP contribution in [0, 0.1) is 17.3 Å². The minimum atomic E-state index is -1.46. The lowest BCUT2D eigenvalue weighted by atomic mass is 9.67. The van der Waals surface area contributed by atoms with Crippen molar-refractivity contribution in [3.8, 4) is 0 Å². The molecule has 2 N–H and O–H groups in total. The van der Waals surface area contributed by atoms with Crippen LogP contribution in [0.25, 0.3) is 0 Å². The number of anilines is 1. The number of likely N-dealkylation sites (N-methyl/N-ethyl adjacent to an activating group) is 1. The first-order chi connectivity index (χ1) is 18.0. The van der Waals surface area contributed by atoms with E-state index in [0.29, 0.717) is 22.8 Å². The van der Waals surface area contributed by atoms with Crippen molar-refractivity contribution in [3.05, 3.63) is 90.0 Å². The van der Waals surface area contributed by atoms with Gasteiger partial charge in [-0.05, 0) is 43.4 Å². The predicted molar refractivity (Wildman–Crippen MR) is 152 cm³/mol. The molecular weight excluding hydrogens is 502 g/mol. The molecule has 7 nitrogen and oxygen atoms in total. The van der Waals surface area contributed by atoms with Crippen LogP contribution in [-0.4, -0.2) is 41.8 Å². The molecule has 8 heteroatoms. The molecule has 1 aliphatic rings. The topological polar surface area (TPSA) is 99.1 Å². The van der Waals surface area contributed by atoms with E-state index in [0.717, 1.165) is 11.1 Å². The Morgan fingerprint density at radius 2 is 1.74 bits per heavy atom. The number of amides is 2. The monoisotopic (exact) mass is 535 g/mol. The van der Waals surface area contributed by atoms with Gasteiger partial charge in [0.15, 0.2) is 0 Å². The van der Waals surface area contributed by atoms with Gasteiger partial charge in [0.25, 0.3) is 5.91 Å². The highest BCUT2D eigenvalue weighted by Gasteiger charge is 2.48. The molecule has 2 atom stereocenters. The summed E-state index contributed by atoms with van der Waals surface area (Å²) in [6.45, 7) is 11.3. The number of nitrogens with zero attached hydrogens (tertiary/aromatic N) is 2. The number of hydrogen-bond donors (Lipinski definition) is 2. The van der Waals surface area contributed by atoms with E-state index in [4.69, 9.17) is 16.6 Å². The second-order valence-electron chi connectivity index (χ2n) is 9.94.